The number of carbonyl (C=O) groups is 1. The van der Waals surface area contributed by atoms with Crippen molar-refractivity contribution in [2.75, 3.05) is 0 Å². The maximum Gasteiger partial charge on any atom is 0.312 e. The number of aryl methyl sites for hydroxylation is 1. The Hall–Kier alpha value is -1.58. The fourth-order valence-electron chi connectivity index (χ4n) is 2.06. The summed E-state index contributed by atoms with van der Waals surface area (Å²) in [6.07, 6.45) is 1.75. The molecule has 2 aromatic rings. The van der Waals surface area contributed by atoms with Gasteiger partial charge in [-0.1, -0.05) is 53.0 Å². The van der Waals surface area contributed by atoms with Gasteiger partial charge >= 0.3 is 5.97 Å². The monoisotopic (exact) mass is 309 g/mol. The first-order valence-corrected chi connectivity index (χ1v) is 6.82. The average molecular weight is 310 g/mol. The van der Waals surface area contributed by atoms with Gasteiger partial charge in [0.1, 0.15) is 5.92 Å². The maximum absolute atomic E-state index is 11.5. The fourth-order valence-corrected chi connectivity index (χ4v) is 2.57. The van der Waals surface area contributed by atoms with Gasteiger partial charge in [0.25, 0.3) is 0 Å². The third-order valence-corrected chi connectivity index (χ3v) is 3.50. The Morgan fingerprint density at radius 1 is 1.35 bits per heavy atom. The van der Waals surface area contributed by atoms with Gasteiger partial charge in [-0.15, -0.1) is 0 Å². The lowest BCUT2D eigenvalue weighted by molar-refractivity contribution is -0.138. The SMILES string of the molecule is Cc1cccc(CC(C(=O)O)c2ncc(Cl)cc2Cl)c1. The van der Waals surface area contributed by atoms with Gasteiger partial charge in [0, 0.05) is 6.20 Å². The van der Waals surface area contributed by atoms with Crippen molar-refractivity contribution in [2.45, 2.75) is 19.3 Å². The van der Waals surface area contributed by atoms with E-state index in [4.69, 9.17) is 23.2 Å². The Balaban J connectivity index is 2.34. The molecule has 1 unspecified atom stereocenters. The molecule has 0 amide bonds. The molecule has 0 aliphatic carbocycles. The highest BCUT2D eigenvalue weighted by Gasteiger charge is 2.24. The van der Waals surface area contributed by atoms with Crippen molar-refractivity contribution in [1.82, 2.24) is 4.98 Å². The Kier molecular flexibility index (Phi) is 4.63. The van der Waals surface area contributed by atoms with E-state index in [1.54, 1.807) is 0 Å². The third kappa shape index (κ3) is 3.50. The Bertz CT molecular complexity index is 644. The molecule has 3 nitrogen and oxygen atoms in total. The molecule has 0 radical (unpaired) electrons. The normalized spacial score (nSPS) is 12.2. The van der Waals surface area contributed by atoms with Crippen LogP contribution < -0.4 is 0 Å². The van der Waals surface area contributed by atoms with Gasteiger partial charge in [0.2, 0.25) is 0 Å². The minimum Gasteiger partial charge on any atom is -0.481 e. The second-order valence-corrected chi connectivity index (χ2v) is 5.45. The molecule has 0 aliphatic heterocycles. The van der Waals surface area contributed by atoms with Crippen molar-refractivity contribution in [3.63, 3.8) is 0 Å². The molecule has 5 heteroatoms. The number of nitrogens with zero attached hydrogens (tertiary/aromatic N) is 1. The lowest BCUT2D eigenvalue weighted by Crippen LogP contribution is -2.16. The molecule has 1 aromatic carbocycles. The highest BCUT2D eigenvalue weighted by molar-refractivity contribution is 6.34. The zero-order chi connectivity index (χ0) is 14.7. The molecule has 1 atom stereocenters. The largest absolute Gasteiger partial charge is 0.481 e. The fraction of sp³-hybridized carbons (Fsp3) is 0.200. The zero-order valence-electron chi connectivity index (χ0n) is 10.8. The summed E-state index contributed by atoms with van der Waals surface area (Å²) in [5.74, 6) is -1.75. The second kappa shape index (κ2) is 6.25. The summed E-state index contributed by atoms with van der Waals surface area (Å²) in [4.78, 5) is 15.6. The van der Waals surface area contributed by atoms with E-state index < -0.39 is 11.9 Å². The van der Waals surface area contributed by atoms with Gasteiger partial charge in [-0.25, -0.2) is 0 Å². The van der Waals surface area contributed by atoms with Crippen molar-refractivity contribution < 1.29 is 9.90 Å². The molecule has 0 bridgehead atoms. The van der Waals surface area contributed by atoms with Crippen LogP contribution in [0.25, 0.3) is 0 Å². The van der Waals surface area contributed by atoms with Crippen LogP contribution >= 0.6 is 23.2 Å². The van der Waals surface area contributed by atoms with Crippen LogP contribution in [0.2, 0.25) is 10.0 Å². The lowest BCUT2D eigenvalue weighted by Gasteiger charge is -2.14. The van der Waals surface area contributed by atoms with E-state index in [0.29, 0.717) is 17.1 Å². The van der Waals surface area contributed by atoms with Gasteiger partial charge in [-0.2, -0.15) is 0 Å². The van der Waals surface area contributed by atoms with Gasteiger partial charge in [0.05, 0.1) is 15.7 Å². The van der Waals surface area contributed by atoms with Crippen LogP contribution in [0, 0.1) is 6.92 Å². The van der Waals surface area contributed by atoms with Crippen LogP contribution in [0.5, 0.6) is 0 Å². The molecular formula is C15H13Cl2NO2. The molecule has 2 rings (SSSR count). The van der Waals surface area contributed by atoms with Gasteiger partial charge in [-0.05, 0) is 25.0 Å². The molecule has 20 heavy (non-hydrogen) atoms. The summed E-state index contributed by atoms with van der Waals surface area (Å²) in [5.41, 5.74) is 2.36. The number of carboxylic acids is 1. The van der Waals surface area contributed by atoms with E-state index in [-0.39, 0.29) is 5.02 Å². The van der Waals surface area contributed by atoms with E-state index in [1.165, 1.54) is 12.3 Å². The third-order valence-electron chi connectivity index (χ3n) is 2.99. The molecule has 0 saturated carbocycles. The molecular weight excluding hydrogens is 297 g/mol. The van der Waals surface area contributed by atoms with E-state index in [9.17, 15) is 9.90 Å². The predicted molar refractivity (Wildman–Crippen MR) is 79.5 cm³/mol. The topological polar surface area (TPSA) is 50.2 Å². The smallest absolute Gasteiger partial charge is 0.312 e. The minimum absolute atomic E-state index is 0.276. The highest BCUT2D eigenvalue weighted by Crippen LogP contribution is 2.28. The molecule has 0 fully saturated rings. The number of hydrogen-bond donors (Lipinski definition) is 1. The highest BCUT2D eigenvalue weighted by atomic mass is 35.5. The van der Waals surface area contributed by atoms with Crippen LogP contribution in [-0.4, -0.2) is 16.1 Å². The van der Waals surface area contributed by atoms with Gasteiger partial charge in [-0.3, -0.25) is 9.78 Å². The number of benzene rings is 1. The second-order valence-electron chi connectivity index (χ2n) is 4.60. The van der Waals surface area contributed by atoms with Gasteiger partial charge in [0.15, 0.2) is 0 Å². The van der Waals surface area contributed by atoms with E-state index >= 15 is 0 Å². The molecule has 0 aliphatic rings. The quantitative estimate of drug-likeness (QED) is 0.924. The Labute approximate surface area is 127 Å². The molecule has 0 saturated heterocycles. The maximum atomic E-state index is 11.5. The van der Waals surface area contributed by atoms with Crippen LogP contribution in [0.1, 0.15) is 22.7 Å². The van der Waals surface area contributed by atoms with Crippen LogP contribution in [0.4, 0.5) is 0 Å². The van der Waals surface area contributed by atoms with Crippen LogP contribution in [-0.2, 0) is 11.2 Å². The first kappa shape index (κ1) is 14.8. The summed E-state index contributed by atoms with van der Waals surface area (Å²) in [6, 6.07) is 9.23. The predicted octanol–water partition coefficient (Wildman–Crippen LogP) is 4.11. The van der Waals surface area contributed by atoms with E-state index in [2.05, 4.69) is 4.98 Å². The molecule has 1 N–H and O–H groups in total. The summed E-state index contributed by atoms with van der Waals surface area (Å²) >= 11 is 11.8. The molecule has 0 spiro atoms. The van der Waals surface area contributed by atoms with Crippen molar-refractivity contribution in [3.8, 4) is 0 Å². The zero-order valence-corrected chi connectivity index (χ0v) is 12.3. The standard InChI is InChI=1S/C15H13Cl2NO2/c1-9-3-2-4-10(5-9)6-12(15(19)20)14-13(17)7-11(16)8-18-14/h2-5,7-8,12H,6H2,1H3,(H,19,20). The van der Waals surface area contributed by atoms with Crippen LogP contribution in [0.3, 0.4) is 0 Å². The minimum atomic E-state index is -0.955. The van der Waals surface area contributed by atoms with E-state index in [1.807, 2.05) is 31.2 Å². The van der Waals surface area contributed by atoms with Crippen molar-refractivity contribution in [1.29, 1.82) is 0 Å². The first-order chi connectivity index (χ1) is 9.47. The number of carboxylic acid groups (broad SMARTS) is 1. The number of hydrogen-bond acceptors (Lipinski definition) is 2. The number of aromatic nitrogens is 1. The van der Waals surface area contributed by atoms with Crippen molar-refractivity contribution >= 4 is 29.2 Å². The molecule has 1 heterocycles. The lowest BCUT2D eigenvalue weighted by atomic mass is 9.95. The Morgan fingerprint density at radius 2 is 2.10 bits per heavy atom. The van der Waals surface area contributed by atoms with Crippen molar-refractivity contribution in [3.05, 3.63) is 63.4 Å². The molecule has 104 valence electrons. The van der Waals surface area contributed by atoms with Crippen LogP contribution in [0.15, 0.2) is 36.5 Å². The van der Waals surface area contributed by atoms with Gasteiger partial charge < -0.3 is 5.11 Å². The number of aliphatic carboxylic acids is 1. The average Bonchev–Trinajstić information content (AvgIpc) is 2.36. The summed E-state index contributed by atoms with van der Waals surface area (Å²) in [6.45, 7) is 1.97. The number of pyridine rings is 1. The summed E-state index contributed by atoms with van der Waals surface area (Å²) < 4.78 is 0. The number of halogens is 2. The summed E-state index contributed by atoms with van der Waals surface area (Å²) in [7, 11) is 0. The van der Waals surface area contributed by atoms with E-state index in [0.717, 1.165) is 11.1 Å². The summed E-state index contributed by atoms with van der Waals surface area (Å²) in [5, 5.41) is 10.1. The first-order valence-electron chi connectivity index (χ1n) is 6.06. The Morgan fingerprint density at radius 3 is 2.70 bits per heavy atom. The number of rotatable bonds is 4. The molecule has 1 aromatic heterocycles. The van der Waals surface area contributed by atoms with Crippen molar-refractivity contribution in [2.24, 2.45) is 0 Å².